The van der Waals surface area contributed by atoms with Crippen molar-refractivity contribution in [3.8, 4) is 5.75 Å². The van der Waals surface area contributed by atoms with E-state index >= 15 is 0 Å². The lowest BCUT2D eigenvalue weighted by molar-refractivity contribution is -0.120. The zero-order valence-corrected chi connectivity index (χ0v) is 16.8. The first-order valence-electron chi connectivity index (χ1n) is 7.91. The summed E-state index contributed by atoms with van der Waals surface area (Å²) in [5.41, 5.74) is 6.65. The quantitative estimate of drug-likeness (QED) is 0.440. The van der Waals surface area contributed by atoms with Crippen molar-refractivity contribution in [2.45, 2.75) is 4.90 Å². The fourth-order valence-electron chi connectivity index (χ4n) is 2.41. The van der Waals surface area contributed by atoms with Crippen molar-refractivity contribution < 1.29 is 14.3 Å². The van der Waals surface area contributed by atoms with E-state index in [0.717, 1.165) is 16.1 Å². The SMILES string of the molecule is CSc1cccc(N2C(=O)C(=Cc3ccc(OCC(N)=O)cc3)SC2=S)c1. The van der Waals surface area contributed by atoms with Crippen LogP contribution in [0.4, 0.5) is 5.69 Å². The van der Waals surface area contributed by atoms with Crippen LogP contribution in [-0.2, 0) is 9.59 Å². The molecule has 2 aromatic rings. The molecule has 0 atom stereocenters. The Bertz CT molecular complexity index is 926. The fraction of sp³-hybridized carbons (Fsp3) is 0.105. The van der Waals surface area contributed by atoms with Gasteiger partial charge in [-0.25, -0.2) is 0 Å². The molecular weight excluding hydrogens is 400 g/mol. The number of thiocarbonyl (C=S) groups is 1. The minimum Gasteiger partial charge on any atom is -0.484 e. The number of primary amides is 1. The van der Waals surface area contributed by atoms with E-state index in [1.807, 2.05) is 30.5 Å². The second-order valence-corrected chi connectivity index (χ2v) is 8.10. The smallest absolute Gasteiger partial charge is 0.270 e. The number of carbonyl (C=O) groups is 2. The van der Waals surface area contributed by atoms with E-state index in [1.54, 1.807) is 47.0 Å². The monoisotopic (exact) mass is 416 g/mol. The Hall–Kier alpha value is -2.29. The number of carbonyl (C=O) groups excluding carboxylic acids is 2. The average Bonchev–Trinajstić information content (AvgIpc) is 2.94. The molecule has 0 saturated carbocycles. The first-order chi connectivity index (χ1) is 13.0. The second-order valence-electron chi connectivity index (χ2n) is 5.54. The lowest BCUT2D eigenvalue weighted by Crippen LogP contribution is -2.27. The minimum absolute atomic E-state index is 0.141. The van der Waals surface area contributed by atoms with Crippen LogP contribution < -0.4 is 15.4 Å². The Morgan fingerprint density at radius 1 is 1.30 bits per heavy atom. The Morgan fingerprint density at radius 3 is 2.70 bits per heavy atom. The fourth-order valence-corrected chi connectivity index (χ4v) is 4.16. The molecule has 0 unspecified atom stereocenters. The van der Waals surface area contributed by atoms with Crippen molar-refractivity contribution in [1.29, 1.82) is 0 Å². The van der Waals surface area contributed by atoms with E-state index in [9.17, 15) is 9.59 Å². The number of benzene rings is 2. The normalized spacial score (nSPS) is 15.4. The molecule has 0 spiro atoms. The van der Waals surface area contributed by atoms with Gasteiger partial charge in [-0.15, -0.1) is 11.8 Å². The lowest BCUT2D eigenvalue weighted by atomic mass is 10.2. The third-order valence-corrected chi connectivity index (χ3v) is 5.69. The third kappa shape index (κ3) is 4.71. The number of amides is 2. The summed E-state index contributed by atoms with van der Waals surface area (Å²) < 4.78 is 5.73. The molecule has 1 heterocycles. The molecule has 1 fully saturated rings. The number of nitrogens with two attached hydrogens (primary N) is 1. The van der Waals surface area contributed by atoms with Crippen LogP contribution in [0.2, 0.25) is 0 Å². The highest BCUT2D eigenvalue weighted by atomic mass is 32.2. The van der Waals surface area contributed by atoms with Crippen LogP contribution in [0.25, 0.3) is 6.08 Å². The van der Waals surface area contributed by atoms with Crippen LogP contribution in [0, 0.1) is 0 Å². The van der Waals surface area contributed by atoms with Gasteiger partial charge in [0.2, 0.25) is 0 Å². The standard InChI is InChI=1S/C19H16N2O3S3/c1-26-15-4-2-3-13(10-15)21-18(23)16(27-19(21)25)9-12-5-7-14(8-6-12)24-11-17(20)22/h2-10H,11H2,1H3,(H2,20,22). The number of ether oxygens (including phenoxy) is 1. The summed E-state index contributed by atoms with van der Waals surface area (Å²) in [6.07, 6.45) is 3.77. The highest BCUT2D eigenvalue weighted by molar-refractivity contribution is 8.27. The number of thioether (sulfide) groups is 2. The molecule has 2 aromatic carbocycles. The van der Waals surface area contributed by atoms with Gasteiger partial charge in [0.25, 0.3) is 11.8 Å². The van der Waals surface area contributed by atoms with Gasteiger partial charge in [-0.2, -0.15) is 0 Å². The molecule has 0 bridgehead atoms. The molecular formula is C19H16N2O3S3. The molecule has 0 aromatic heterocycles. The van der Waals surface area contributed by atoms with E-state index in [2.05, 4.69) is 0 Å². The predicted molar refractivity (Wildman–Crippen MR) is 115 cm³/mol. The van der Waals surface area contributed by atoms with Crippen molar-refractivity contribution in [3.05, 3.63) is 59.0 Å². The van der Waals surface area contributed by atoms with Gasteiger partial charge >= 0.3 is 0 Å². The first-order valence-corrected chi connectivity index (χ1v) is 10.4. The maximum Gasteiger partial charge on any atom is 0.270 e. The molecule has 1 aliphatic heterocycles. The molecule has 138 valence electrons. The van der Waals surface area contributed by atoms with Gasteiger partial charge in [-0.1, -0.05) is 42.2 Å². The molecule has 2 N–H and O–H groups in total. The van der Waals surface area contributed by atoms with Crippen molar-refractivity contribution in [2.75, 3.05) is 17.8 Å². The van der Waals surface area contributed by atoms with E-state index in [-0.39, 0.29) is 12.5 Å². The molecule has 0 aliphatic carbocycles. The number of nitrogens with zero attached hydrogens (tertiary/aromatic N) is 1. The summed E-state index contributed by atoms with van der Waals surface area (Å²) in [5, 5.41) is 0. The first kappa shape index (κ1) is 19.5. The number of hydrogen-bond donors (Lipinski definition) is 1. The zero-order valence-electron chi connectivity index (χ0n) is 14.4. The van der Waals surface area contributed by atoms with E-state index in [1.165, 1.54) is 11.8 Å². The highest BCUT2D eigenvalue weighted by Gasteiger charge is 2.33. The van der Waals surface area contributed by atoms with Crippen LogP contribution in [0.15, 0.2) is 58.3 Å². The molecule has 1 saturated heterocycles. The topological polar surface area (TPSA) is 72.6 Å². The van der Waals surface area contributed by atoms with Crippen LogP contribution in [0.1, 0.15) is 5.56 Å². The minimum atomic E-state index is -0.534. The van der Waals surface area contributed by atoms with Gasteiger partial charge < -0.3 is 10.5 Å². The van der Waals surface area contributed by atoms with Gasteiger partial charge in [0.15, 0.2) is 10.9 Å². The summed E-state index contributed by atoms with van der Waals surface area (Å²) in [6.45, 7) is -0.173. The predicted octanol–water partition coefficient (Wildman–Crippen LogP) is 3.68. The Kier molecular flexibility index (Phi) is 6.20. The van der Waals surface area contributed by atoms with Crippen molar-refractivity contribution in [2.24, 2.45) is 5.73 Å². The molecule has 3 rings (SSSR count). The van der Waals surface area contributed by atoms with Gasteiger partial charge in [0.05, 0.1) is 10.6 Å². The van der Waals surface area contributed by atoms with Crippen LogP contribution >= 0.6 is 35.7 Å². The summed E-state index contributed by atoms with van der Waals surface area (Å²) in [7, 11) is 0. The Balaban J connectivity index is 1.78. The average molecular weight is 417 g/mol. The number of anilines is 1. The summed E-state index contributed by atoms with van der Waals surface area (Å²) in [4.78, 5) is 26.8. The van der Waals surface area contributed by atoms with Gasteiger partial charge in [-0.05, 0) is 48.2 Å². The molecule has 8 heteroatoms. The summed E-state index contributed by atoms with van der Waals surface area (Å²) in [5.74, 6) is -0.141. The van der Waals surface area contributed by atoms with Crippen molar-refractivity contribution >= 4 is 63.6 Å². The Morgan fingerprint density at radius 2 is 2.04 bits per heavy atom. The zero-order chi connectivity index (χ0) is 19.4. The van der Waals surface area contributed by atoms with E-state index < -0.39 is 5.91 Å². The molecule has 0 radical (unpaired) electrons. The maximum atomic E-state index is 12.8. The number of hydrogen-bond acceptors (Lipinski definition) is 6. The van der Waals surface area contributed by atoms with Gasteiger partial charge in [0, 0.05) is 4.90 Å². The van der Waals surface area contributed by atoms with Crippen LogP contribution in [0.5, 0.6) is 5.75 Å². The van der Waals surface area contributed by atoms with Crippen molar-refractivity contribution in [3.63, 3.8) is 0 Å². The van der Waals surface area contributed by atoms with Gasteiger partial charge in [-0.3, -0.25) is 14.5 Å². The van der Waals surface area contributed by atoms with Gasteiger partial charge in [0.1, 0.15) is 5.75 Å². The van der Waals surface area contributed by atoms with E-state index in [0.29, 0.717) is 15.0 Å². The molecule has 2 amide bonds. The summed E-state index contributed by atoms with van der Waals surface area (Å²) >= 11 is 8.29. The Labute approximate surface area is 170 Å². The van der Waals surface area contributed by atoms with E-state index in [4.69, 9.17) is 22.7 Å². The molecule has 27 heavy (non-hydrogen) atoms. The maximum absolute atomic E-state index is 12.8. The molecule has 1 aliphatic rings. The van der Waals surface area contributed by atoms with Crippen molar-refractivity contribution in [1.82, 2.24) is 0 Å². The van der Waals surface area contributed by atoms with Crippen LogP contribution in [-0.4, -0.2) is 29.0 Å². The van der Waals surface area contributed by atoms with Crippen LogP contribution in [0.3, 0.4) is 0 Å². The summed E-state index contributed by atoms with van der Waals surface area (Å²) in [6, 6.07) is 14.8. The highest BCUT2D eigenvalue weighted by Crippen LogP contribution is 2.37. The largest absolute Gasteiger partial charge is 0.484 e. The second kappa shape index (κ2) is 8.60. The lowest BCUT2D eigenvalue weighted by Gasteiger charge is -2.15. The molecule has 5 nitrogen and oxygen atoms in total. The third-order valence-electron chi connectivity index (χ3n) is 3.66. The number of rotatable bonds is 6.